The first-order valence-corrected chi connectivity index (χ1v) is 6.03. The third-order valence-electron chi connectivity index (χ3n) is 2.99. The van der Waals surface area contributed by atoms with Gasteiger partial charge in [-0.05, 0) is 33.1 Å². The van der Waals surface area contributed by atoms with Gasteiger partial charge in [-0.1, -0.05) is 0 Å². The van der Waals surface area contributed by atoms with Gasteiger partial charge in [-0.2, -0.15) is 0 Å². The minimum atomic E-state index is -0.927. The number of carbonyl (C=O) groups excluding carboxylic acids is 1. The summed E-state index contributed by atoms with van der Waals surface area (Å²) in [6.07, 6.45) is 3.39. The van der Waals surface area contributed by atoms with Crippen LogP contribution in [-0.4, -0.2) is 36.2 Å². The van der Waals surface area contributed by atoms with Crippen molar-refractivity contribution >= 4 is 11.9 Å². The molecule has 1 amide bonds. The van der Waals surface area contributed by atoms with Gasteiger partial charge in [-0.3, -0.25) is 9.59 Å². The second kappa shape index (κ2) is 6.00. The number of ether oxygens (including phenoxy) is 1. The Kier molecular flexibility index (Phi) is 4.93. The van der Waals surface area contributed by atoms with Crippen molar-refractivity contribution in [3.63, 3.8) is 0 Å². The fourth-order valence-electron chi connectivity index (χ4n) is 1.64. The summed E-state index contributed by atoms with van der Waals surface area (Å²) in [6, 6.07) is 0. The Hall–Kier alpha value is -1.10. The predicted molar refractivity (Wildman–Crippen MR) is 62.6 cm³/mol. The van der Waals surface area contributed by atoms with Gasteiger partial charge in [0.1, 0.15) is 0 Å². The van der Waals surface area contributed by atoms with E-state index in [-0.39, 0.29) is 18.6 Å². The van der Waals surface area contributed by atoms with Gasteiger partial charge in [0.05, 0.1) is 17.9 Å². The number of hydrogen-bond donors (Lipinski definition) is 2. The van der Waals surface area contributed by atoms with Crippen molar-refractivity contribution in [1.29, 1.82) is 0 Å². The van der Waals surface area contributed by atoms with Crippen LogP contribution in [0.25, 0.3) is 0 Å². The zero-order chi connectivity index (χ0) is 12.9. The van der Waals surface area contributed by atoms with E-state index >= 15 is 0 Å². The van der Waals surface area contributed by atoms with E-state index in [9.17, 15) is 9.59 Å². The third-order valence-corrected chi connectivity index (χ3v) is 2.99. The molecule has 0 radical (unpaired) electrons. The van der Waals surface area contributed by atoms with Crippen LogP contribution in [0.4, 0.5) is 0 Å². The van der Waals surface area contributed by atoms with E-state index in [0.29, 0.717) is 6.42 Å². The molecule has 1 rings (SSSR count). The maximum absolute atomic E-state index is 11.6. The highest BCUT2D eigenvalue weighted by molar-refractivity contribution is 5.78. The normalized spacial score (nSPS) is 20.9. The highest BCUT2D eigenvalue weighted by Gasteiger charge is 2.28. The molecule has 1 atom stereocenters. The van der Waals surface area contributed by atoms with Gasteiger partial charge >= 0.3 is 5.97 Å². The van der Waals surface area contributed by atoms with Crippen LogP contribution in [0.5, 0.6) is 0 Å². The molecule has 1 fully saturated rings. The van der Waals surface area contributed by atoms with E-state index in [0.717, 1.165) is 25.9 Å². The molecule has 1 unspecified atom stereocenters. The second-order valence-electron chi connectivity index (χ2n) is 5.16. The summed E-state index contributed by atoms with van der Waals surface area (Å²) in [5.41, 5.74) is -0.927. The van der Waals surface area contributed by atoms with Gasteiger partial charge in [0.2, 0.25) is 5.91 Å². The number of carbonyl (C=O) groups is 2. The lowest BCUT2D eigenvalue weighted by Crippen LogP contribution is -2.40. The fourth-order valence-corrected chi connectivity index (χ4v) is 1.64. The zero-order valence-electron chi connectivity index (χ0n) is 10.5. The molecule has 1 saturated heterocycles. The molecule has 17 heavy (non-hydrogen) atoms. The van der Waals surface area contributed by atoms with Crippen molar-refractivity contribution < 1.29 is 19.4 Å². The molecule has 98 valence electrons. The smallest absolute Gasteiger partial charge is 0.310 e. The van der Waals surface area contributed by atoms with Crippen molar-refractivity contribution in [2.75, 3.05) is 13.2 Å². The van der Waals surface area contributed by atoms with Gasteiger partial charge in [0.25, 0.3) is 0 Å². The van der Waals surface area contributed by atoms with Crippen LogP contribution in [0.2, 0.25) is 0 Å². The Bertz CT molecular complexity index is 282. The summed E-state index contributed by atoms with van der Waals surface area (Å²) < 4.78 is 5.45. The predicted octanol–water partition coefficient (Wildman–Crippen LogP) is 1.17. The third kappa shape index (κ3) is 4.73. The van der Waals surface area contributed by atoms with Crippen LogP contribution < -0.4 is 5.32 Å². The van der Waals surface area contributed by atoms with Crippen molar-refractivity contribution in [2.24, 2.45) is 5.41 Å². The van der Waals surface area contributed by atoms with E-state index in [1.165, 1.54) is 0 Å². The van der Waals surface area contributed by atoms with Crippen LogP contribution in [0.3, 0.4) is 0 Å². The Morgan fingerprint density at radius 3 is 2.65 bits per heavy atom. The topological polar surface area (TPSA) is 75.6 Å². The Balaban J connectivity index is 2.27. The number of amides is 1. The molecule has 0 aromatic rings. The van der Waals surface area contributed by atoms with Crippen LogP contribution in [-0.2, 0) is 14.3 Å². The molecule has 0 aromatic heterocycles. The van der Waals surface area contributed by atoms with E-state index in [1.807, 2.05) is 0 Å². The lowest BCUT2D eigenvalue weighted by Gasteiger charge is -2.23. The molecular formula is C12H21NO4. The molecule has 5 nitrogen and oxygen atoms in total. The Labute approximate surface area is 102 Å². The van der Waals surface area contributed by atoms with Crippen molar-refractivity contribution in [1.82, 2.24) is 5.32 Å². The van der Waals surface area contributed by atoms with Gasteiger partial charge in [0.15, 0.2) is 0 Å². The summed E-state index contributed by atoms with van der Waals surface area (Å²) in [6.45, 7) is 4.05. The molecule has 1 aliphatic heterocycles. The number of hydrogen-bond acceptors (Lipinski definition) is 3. The van der Waals surface area contributed by atoms with Gasteiger partial charge < -0.3 is 15.2 Å². The molecule has 1 aliphatic rings. The summed E-state index contributed by atoms with van der Waals surface area (Å²) in [4.78, 5) is 22.4. The lowest BCUT2D eigenvalue weighted by molar-refractivity contribution is -0.146. The molecule has 0 saturated carbocycles. The monoisotopic (exact) mass is 243 g/mol. The summed E-state index contributed by atoms with van der Waals surface area (Å²) >= 11 is 0. The fraction of sp³-hybridized carbons (Fsp3) is 0.833. The molecule has 0 aromatic carbocycles. The molecule has 5 heteroatoms. The van der Waals surface area contributed by atoms with Crippen LogP contribution in [0.1, 0.15) is 39.5 Å². The number of nitrogens with one attached hydrogen (secondary N) is 1. The minimum Gasteiger partial charge on any atom is -0.481 e. The van der Waals surface area contributed by atoms with Crippen molar-refractivity contribution in [3.8, 4) is 0 Å². The quantitative estimate of drug-likeness (QED) is 0.760. The zero-order valence-corrected chi connectivity index (χ0v) is 10.5. The van der Waals surface area contributed by atoms with Gasteiger partial charge in [0, 0.05) is 13.2 Å². The van der Waals surface area contributed by atoms with Crippen LogP contribution in [0, 0.1) is 5.41 Å². The minimum absolute atomic E-state index is 0.00306. The van der Waals surface area contributed by atoms with Crippen LogP contribution in [0.15, 0.2) is 0 Å². The van der Waals surface area contributed by atoms with Crippen molar-refractivity contribution in [3.05, 3.63) is 0 Å². The lowest BCUT2D eigenvalue weighted by atomic mass is 9.94. The molecule has 0 bridgehead atoms. The molecule has 1 heterocycles. The SMILES string of the molecule is CC(C)(CNC(=O)CC1CCCCO1)C(=O)O. The highest BCUT2D eigenvalue weighted by Crippen LogP contribution is 2.16. The van der Waals surface area contributed by atoms with Gasteiger partial charge in [-0.25, -0.2) is 0 Å². The summed E-state index contributed by atoms with van der Waals surface area (Å²) in [5.74, 6) is -1.04. The highest BCUT2D eigenvalue weighted by atomic mass is 16.5. The van der Waals surface area contributed by atoms with E-state index < -0.39 is 11.4 Å². The number of carboxylic acids is 1. The van der Waals surface area contributed by atoms with Crippen LogP contribution >= 0.6 is 0 Å². The van der Waals surface area contributed by atoms with E-state index in [1.54, 1.807) is 13.8 Å². The molecule has 0 aliphatic carbocycles. The number of carboxylic acid groups (broad SMARTS) is 1. The summed E-state index contributed by atoms with van der Waals surface area (Å²) in [7, 11) is 0. The van der Waals surface area contributed by atoms with E-state index in [2.05, 4.69) is 5.32 Å². The first kappa shape index (κ1) is 14.0. The Morgan fingerprint density at radius 2 is 2.12 bits per heavy atom. The van der Waals surface area contributed by atoms with Gasteiger partial charge in [-0.15, -0.1) is 0 Å². The average molecular weight is 243 g/mol. The maximum Gasteiger partial charge on any atom is 0.310 e. The number of aliphatic carboxylic acids is 1. The standard InChI is InChI=1S/C12H21NO4/c1-12(2,11(15)16)8-13-10(14)7-9-5-3-4-6-17-9/h9H,3-8H2,1-2H3,(H,13,14)(H,15,16). The molecular weight excluding hydrogens is 222 g/mol. The van der Waals surface area contributed by atoms with Crippen molar-refractivity contribution in [2.45, 2.75) is 45.6 Å². The summed E-state index contributed by atoms with van der Waals surface area (Å²) in [5, 5.41) is 11.6. The molecule has 2 N–H and O–H groups in total. The maximum atomic E-state index is 11.6. The first-order valence-electron chi connectivity index (χ1n) is 6.03. The second-order valence-corrected chi connectivity index (χ2v) is 5.16. The van der Waals surface area contributed by atoms with E-state index in [4.69, 9.17) is 9.84 Å². The largest absolute Gasteiger partial charge is 0.481 e. The Morgan fingerprint density at radius 1 is 1.41 bits per heavy atom. The molecule has 0 spiro atoms. The number of rotatable bonds is 5. The average Bonchev–Trinajstić information content (AvgIpc) is 2.28. The first-order chi connectivity index (χ1) is 7.92.